The second-order valence-electron chi connectivity index (χ2n) is 10.3. The molecule has 2 aromatic carbocycles. The van der Waals surface area contributed by atoms with Gasteiger partial charge in [-0.25, -0.2) is 13.1 Å². The molecule has 1 aliphatic heterocycles. The molecule has 1 saturated heterocycles. The van der Waals surface area contributed by atoms with Gasteiger partial charge in [0.1, 0.15) is 36.3 Å². The second kappa shape index (κ2) is 13.7. The number of hydrogen-bond acceptors (Lipinski definition) is 8. The van der Waals surface area contributed by atoms with Gasteiger partial charge in [-0.2, -0.15) is 0 Å². The van der Waals surface area contributed by atoms with Crippen molar-refractivity contribution >= 4 is 21.6 Å². The van der Waals surface area contributed by atoms with Crippen LogP contribution in [0.1, 0.15) is 61.3 Å². The Balaban J connectivity index is 1.29. The molecule has 9 nitrogen and oxygen atoms in total. The fraction of sp³-hybridized carbons (Fsp3) is 0.571. The van der Waals surface area contributed by atoms with Gasteiger partial charge in [0, 0.05) is 11.6 Å². The summed E-state index contributed by atoms with van der Waals surface area (Å²) in [5, 5.41) is 40.4. The molecule has 39 heavy (non-hydrogen) atoms. The molecule has 0 radical (unpaired) electrons. The van der Waals surface area contributed by atoms with Gasteiger partial charge in [-0.15, -0.1) is 0 Å². The molecule has 0 amide bonds. The summed E-state index contributed by atoms with van der Waals surface area (Å²) >= 11 is 6.43. The minimum Gasteiger partial charge on any atom is -0.494 e. The lowest BCUT2D eigenvalue weighted by molar-refractivity contribution is -0.231. The predicted octanol–water partition coefficient (Wildman–Crippen LogP) is 2.47. The molecule has 216 valence electrons. The normalized spacial score (nSPS) is 26.4. The first-order valence-electron chi connectivity index (χ1n) is 13.5. The number of aliphatic hydroxyl groups is 4. The first kappa shape index (κ1) is 30.2. The Morgan fingerprint density at radius 1 is 0.974 bits per heavy atom. The van der Waals surface area contributed by atoms with Gasteiger partial charge in [0.2, 0.25) is 10.0 Å². The predicted molar refractivity (Wildman–Crippen MR) is 147 cm³/mol. The van der Waals surface area contributed by atoms with E-state index in [1.54, 1.807) is 18.2 Å². The monoisotopic (exact) mass is 583 g/mol. The SMILES string of the molecule is O=S(=O)(NCCCOc1ccc(Cc2cc([C@@H]3O[C@H](CO)[C@@H](O)[C@@H](O)[C@H]3O)ccc2Cl)cc1)C1CCCCC1. The Morgan fingerprint density at radius 2 is 1.69 bits per heavy atom. The van der Waals surface area contributed by atoms with Crippen LogP contribution >= 0.6 is 11.6 Å². The van der Waals surface area contributed by atoms with Gasteiger partial charge in [0.25, 0.3) is 0 Å². The number of ether oxygens (including phenoxy) is 2. The summed E-state index contributed by atoms with van der Waals surface area (Å²) in [4.78, 5) is 0. The van der Waals surface area contributed by atoms with Crippen molar-refractivity contribution in [1.29, 1.82) is 0 Å². The molecule has 0 aromatic heterocycles. The maximum Gasteiger partial charge on any atom is 0.214 e. The average Bonchev–Trinajstić information content (AvgIpc) is 2.94. The minimum atomic E-state index is -3.26. The number of nitrogens with one attached hydrogen (secondary N) is 1. The lowest BCUT2D eigenvalue weighted by Crippen LogP contribution is -2.55. The van der Waals surface area contributed by atoms with Crippen LogP contribution < -0.4 is 9.46 Å². The number of halogens is 1. The summed E-state index contributed by atoms with van der Waals surface area (Å²) in [5.41, 5.74) is 2.32. The highest BCUT2D eigenvalue weighted by Crippen LogP contribution is 2.34. The number of sulfonamides is 1. The molecule has 5 N–H and O–H groups in total. The highest BCUT2D eigenvalue weighted by molar-refractivity contribution is 7.90. The van der Waals surface area contributed by atoms with E-state index in [1.807, 2.05) is 24.3 Å². The smallest absolute Gasteiger partial charge is 0.214 e. The molecule has 1 aliphatic carbocycles. The largest absolute Gasteiger partial charge is 0.494 e. The summed E-state index contributed by atoms with van der Waals surface area (Å²) in [5.74, 6) is 0.676. The van der Waals surface area contributed by atoms with Crippen LogP contribution in [-0.2, 0) is 21.2 Å². The van der Waals surface area contributed by atoms with Gasteiger partial charge in [0.05, 0.1) is 18.5 Å². The third kappa shape index (κ3) is 7.71. The zero-order valence-electron chi connectivity index (χ0n) is 21.8. The minimum absolute atomic E-state index is 0.272. The molecule has 0 bridgehead atoms. The highest BCUT2D eigenvalue weighted by Gasteiger charge is 2.44. The molecular formula is C28H38ClNO8S. The van der Waals surface area contributed by atoms with Gasteiger partial charge in [0.15, 0.2) is 0 Å². The zero-order chi connectivity index (χ0) is 28.0. The van der Waals surface area contributed by atoms with E-state index in [4.69, 9.17) is 21.1 Å². The molecule has 0 spiro atoms. The van der Waals surface area contributed by atoms with E-state index >= 15 is 0 Å². The van der Waals surface area contributed by atoms with Gasteiger partial charge in [-0.05, 0) is 60.6 Å². The highest BCUT2D eigenvalue weighted by atomic mass is 35.5. The lowest BCUT2D eigenvalue weighted by atomic mass is 9.90. The molecular weight excluding hydrogens is 546 g/mol. The Kier molecular flexibility index (Phi) is 10.6. The summed E-state index contributed by atoms with van der Waals surface area (Å²) in [6, 6.07) is 12.7. The molecule has 5 atom stereocenters. The Bertz CT molecular complexity index is 1170. The molecule has 2 aliphatic rings. The van der Waals surface area contributed by atoms with Crippen LogP contribution in [0.2, 0.25) is 5.02 Å². The fourth-order valence-electron chi connectivity index (χ4n) is 5.18. The van der Waals surface area contributed by atoms with Crippen LogP contribution in [0.4, 0.5) is 0 Å². The summed E-state index contributed by atoms with van der Waals surface area (Å²) in [6.45, 7) is 0.242. The third-order valence-corrected chi connectivity index (χ3v) is 9.82. The van der Waals surface area contributed by atoms with Crippen molar-refractivity contribution in [2.45, 2.75) is 80.7 Å². The second-order valence-corrected chi connectivity index (χ2v) is 12.8. The van der Waals surface area contributed by atoms with Crippen molar-refractivity contribution in [2.75, 3.05) is 19.8 Å². The molecule has 4 rings (SSSR count). The maximum atomic E-state index is 12.4. The van der Waals surface area contributed by atoms with Crippen LogP contribution in [0.3, 0.4) is 0 Å². The molecule has 1 saturated carbocycles. The summed E-state index contributed by atoms with van der Waals surface area (Å²) < 4.78 is 39.0. The Morgan fingerprint density at radius 3 is 2.38 bits per heavy atom. The standard InChI is InChI=1S/C28H38ClNO8S/c29-23-12-9-19(28-27(34)26(33)25(32)24(17-31)38-28)16-20(23)15-18-7-10-21(11-8-18)37-14-4-13-30-39(35,36)22-5-2-1-3-6-22/h7-12,16,22,24-28,30-34H,1-6,13-15,17H2/t24-,25-,26-,27-,28+/m1/s1. The van der Waals surface area contributed by atoms with Crippen molar-refractivity contribution in [3.63, 3.8) is 0 Å². The maximum absolute atomic E-state index is 12.4. The van der Waals surface area contributed by atoms with Crippen LogP contribution in [0.25, 0.3) is 0 Å². The Labute approximate surface area is 234 Å². The number of rotatable bonds is 11. The molecule has 1 heterocycles. The van der Waals surface area contributed by atoms with E-state index in [0.29, 0.717) is 42.3 Å². The quantitative estimate of drug-likeness (QED) is 0.254. The van der Waals surface area contributed by atoms with Gasteiger partial charge >= 0.3 is 0 Å². The Hall–Kier alpha value is -1.76. The van der Waals surface area contributed by atoms with Crippen molar-refractivity contribution in [1.82, 2.24) is 4.72 Å². The van der Waals surface area contributed by atoms with Crippen LogP contribution in [-0.4, -0.2) is 78.3 Å². The first-order chi connectivity index (χ1) is 18.7. The van der Waals surface area contributed by atoms with E-state index in [-0.39, 0.29) is 5.25 Å². The van der Waals surface area contributed by atoms with Gasteiger partial charge in [-0.1, -0.05) is 55.1 Å². The number of aliphatic hydroxyl groups excluding tert-OH is 4. The van der Waals surface area contributed by atoms with E-state index in [0.717, 1.165) is 43.2 Å². The zero-order valence-corrected chi connectivity index (χ0v) is 23.4. The van der Waals surface area contributed by atoms with Gasteiger partial charge < -0.3 is 29.9 Å². The summed E-state index contributed by atoms with van der Waals surface area (Å²) in [6.07, 6.45) is -0.567. The third-order valence-electron chi connectivity index (χ3n) is 7.49. The summed E-state index contributed by atoms with van der Waals surface area (Å²) in [7, 11) is -3.26. The van der Waals surface area contributed by atoms with Crippen LogP contribution in [0.15, 0.2) is 42.5 Å². The van der Waals surface area contributed by atoms with Crippen molar-refractivity contribution in [2.24, 2.45) is 0 Å². The lowest BCUT2D eigenvalue weighted by Gasteiger charge is -2.40. The fourth-order valence-corrected chi connectivity index (χ4v) is 6.98. The van der Waals surface area contributed by atoms with Crippen molar-refractivity contribution in [3.8, 4) is 5.75 Å². The van der Waals surface area contributed by atoms with E-state index in [9.17, 15) is 28.8 Å². The molecule has 0 unspecified atom stereocenters. The van der Waals surface area contributed by atoms with Crippen LogP contribution in [0, 0.1) is 0 Å². The van der Waals surface area contributed by atoms with Crippen molar-refractivity contribution in [3.05, 3.63) is 64.2 Å². The molecule has 2 fully saturated rings. The molecule has 2 aromatic rings. The van der Waals surface area contributed by atoms with E-state index in [2.05, 4.69) is 4.72 Å². The van der Waals surface area contributed by atoms with E-state index < -0.39 is 47.2 Å². The van der Waals surface area contributed by atoms with E-state index in [1.165, 1.54) is 0 Å². The molecule has 11 heteroatoms. The average molecular weight is 584 g/mol. The topological polar surface area (TPSA) is 146 Å². The van der Waals surface area contributed by atoms with Gasteiger partial charge in [-0.3, -0.25) is 0 Å². The van der Waals surface area contributed by atoms with Crippen LogP contribution in [0.5, 0.6) is 5.75 Å². The first-order valence-corrected chi connectivity index (χ1v) is 15.4. The number of benzene rings is 2. The number of hydrogen-bond donors (Lipinski definition) is 5. The van der Waals surface area contributed by atoms with Crippen molar-refractivity contribution < 1.29 is 38.3 Å².